The van der Waals surface area contributed by atoms with Gasteiger partial charge in [-0.15, -0.1) is 6.58 Å². The molecule has 0 bridgehead atoms. The third kappa shape index (κ3) is 13.4. The Labute approximate surface area is 108 Å². The van der Waals surface area contributed by atoms with E-state index in [1.807, 2.05) is 25.7 Å². The molecular formula is C14H28O2Si. The van der Waals surface area contributed by atoms with E-state index in [9.17, 15) is 4.79 Å². The number of hydrogen-bond acceptors (Lipinski definition) is 2. The third-order valence-corrected chi connectivity index (χ3v) is 3.30. The van der Waals surface area contributed by atoms with Crippen molar-refractivity contribution in [2.24, 2.45) is 0 Å². The van der Waals surface area contributed by atoms with Gasteiger partial charge in [-0.1, -0.05) is 31.8 Å². The first-order chi connectivity index (χ1) is 7.95. The molecule has 0 atom stereocenters. The van der Waals surface area contributed by atoms with E-state index in [4.69, 9.17) is 4.43 Å². The Balaban J connectivity index is 3.28. The minimum absolute atomic E-state index is 0.00387. The highest BCUT2D eigenvalue weighted by Gasteiger charge is 2.19. The van der Waals surface area contributed by atoms with Gasteiger partial charge in [0.2, 0.25) is 8.32 Å². The quantitative estimate of drug-likeness (QED) is 0.322. The zero-order valence-corrected chi connectivity index (χ0v) is 12.8. The maximum atomic E-state index is 11.4. The van der Waals surface area contributed by atoms with E-state index in [1.165, 1.54) is 25.7 Å². The standard InChI is InChI=1S/C14H28O2Si/c1-5-6-7-8-9-10-11-12-13-14(15)16-17(2,3)4/h5H,1,6-13H2,2-4H3. The van der Waals surface area contributed by atoms with Gasteiger partial charge in [-0.05, 0) is 38.9 Å². The van der Waals surface area contributed by atoms with Crippen molar-refractivity contribution >= 4 is 14.3 Å². The number of carbonyl (C=O) groups is 1. The first-order valence-electron chi connectivity index (χ1n) is 6.78. The van der Waals surface area contributed by atoms with Crippen LogP contribution in [-0.2, 0) is 9.22 Å². The van der Waals surface area contributed by atoms with Gasteiger partial charge >= 0.3 is 0 Å². The van der Waals surface area contributed by atoms with Crippen LogP contribution in [0.25, 0.3) is 0 Å². The minimum atomic E-state index is -1.67. The number of hydrogen-bond donors (Lipinski definition) is 0. The largest absolute Gasteiger partial charge is 0.520 e. The molecule has 0 unspecified atom stereocenters. The number of allylic oxidation sites excluding steroid dienone is 1. The molecule has 2 nitrogen and oxygen atoms in total. The fraction of sp³-hybridized carbons (Fsp3) is 0.786. The van der Waals surface area contributed by atoms with E-state index in [1.54, 1.807) is 0 Å². The van der Waals surface area contributed by atoms with Gasteiger partial charge in [0.1, 0.15) is 0 Å². The van der Waals surface area contributed by atoms with Crippen LogP contribution in [-0.4, -0.2) is 14.3 Å². The number of rotatable bonds is 10. The molecule has 0 saturated heterocycles. The molecule has 0 aromatic carbocycles. The van der Waals surface area contributed by atoms with Crippen molar-refractivity contribution in [3.8, 4) is 0 Å². The van der Waals surface area contributed by atoms with Crippen molar-refractivity contribution < 1.29 is 9.22 Å². The fourth-order valence-corrected chi connectivity index (χ4v) is 2.44. The van der Waals surface area contributed by atoms with Crippen LogP contribution in [0.2, 0.25) is 19.6 Å². The van der Waals surface area contributed by atoms with Crippen molar-refractivity contribution in [2.45, 2.75) is 71.0 Å². The summed E-state index contributed by atoms with van der Waals surface area (Å²) in [5.41, 5.74) is 0. The lowest BCUT2D eigenvalue weighted by Crippen LogP contribution is -2.28. The van der Waals surface area contributed by atoms with Crippen molar-refractivity contribution in [3.63, 3.8) is 0 Å². The van der Waals surface area contributed by atoms with Crippen LogP contribution in [0.1, 0.15) is 51.4 Å². The first kappa shape index (κ1) is 16.4. The van der Waals surface area contributed by atoms with Crippen LogP contribution in [0.4, 0.5) is 0 Å². The minimum Gasteiger partial charge on any atom is -0.520 e. The van der Waals surface area contributed by atoms with Gasteiger partial charge in [0, 0.05) is 6.42 Å². The normalized spacial score (nSPS) is 11.2. The van der Waals surface area contributed by atoms with Crippen LogP contribution in [0, 0.1) is 0 Å². The molecular weight excluding hydrogens is 228 g/mol. The van der Waals surface area contributed by atoms with Gasteiger partial charge in [-0.25, -0.2) is 0 Å². The molecule has 17 heavy (non-hydrogen) atoms. The summed E-state index contributed by atoms with van der Waals surface area (Å²) in [6, 6.07) is 0. The highest BCUT2D eigenvalue weighted by molar-refractivity contribution is 6.71. The zero-order chi connectivity index (χ0) is 13.1. The van der Waals surface area contributed by atoms with E-state index in [0.29, 0.717) is 6.42 Å². The Morgan fingerprint density at radius 3 is 2.12 bits per heavy atom. The van der Waals surface area contributed by atoms with Gasteiger partial charge in [0.25, 0.3) is 5.97 Å². The fourth-order valence-electron chi connectivity index (χ4n) is 1.66. The Hall–Kier alpha value is -0.573. The molecule has 0 rings (SSSR count). The smallest absolute Gasteiger partial charge is 0.292 e. The molecule has 0 heterocycles. The van der Waals surface area contributed by atoms with Crippen LogP contribution in [0.3, 0.4) is 0 Å². The molecule has 0 aliphatic rings. The summed E-state index contributed by atoms with van der Waals surface area (Å²) in [4.78, 5) is 11.4. The molecule has 0 saturated carbocycles. The summed E-state index contributed by atoms with van der Waals surface area (Å²) in [6.45, 7) is 9.85. The molecule has 0 aliphatic carbocycles. The molecule has 0 aromatic heterocycles. The molecule has 0 N–H and O–H groups in total. The van der Waals surface area contributed by atoms with Gasteiger partial charge in [0.15, 0.2) is 0 Å². The Morgan fingerprint density at radius 1 is 1.06 bits per heavy atom. The number of unbranched alkanes of at least 4 members (excludes halogenated alkanes) is 6. The maximum Gasteiger partial charge on any atom is 0.292 e. The second-order valence-electron chi connectivity index (χ2n) is 5.54. The Bertz CT molecular complexity index is 219. The Morgan fingerprint density at radius 2 is 1.59 bits per heavy atom. The van der Waals surface area contributed by atoms with Gasteiger partial charge in [-0.2, -0.15) is 0 Å². The summed E-state index contributed by atoms with van der Waals surface area (Å²) >= 11 is 0. The van der Waals surface area contributed by atoms with Crippen molar-refractivity contribution in [1.29, 1.82) is 0 Å². The summed E-state index contributed by atoms with van der Waals surface area (Å²) < 4.78 is 5.39. The highest BCUT2D eigenvalue weighted by Crippen LogP contribution is 2.11. The highest BCUT2D eigenvalue weighted by atomic mass is 28.4. The molecule has 0 spiro atoms. The van der Waals surface area contributed by atoms with Crippen molar-refractivity contribution in [1.82, 2.24) is 0 Å². The summed E-state index contributed by atoms with van der Waals surface area (Å²) in [6.07, 6.45) is 10.9. The average molecular weight is 256 g/mol. The predicted molar refractivity (Wildman–Crippen MR) is 76.6 cm³/mol. The Kier molecular flexibility index (Phi) is 9.14. The summed E-state index contributed by atoms with van der Waals surface area (Å²) in [7, 11) is -1.67. The van der Waals surface area contributed by atoms with Gasteiger partial charge < -0.3 is 4.43 Å². The van der Waals surface area contributed by atoms with Gasteiger partial charge in [-0.3, -0.25) is 4.79 Å². The van der Waals surface area contributed by atoms with E-state index >= 15 is 0 Å². The van der Waals surface area contributed by atoms with E-state index < -0.39 is 8.32 Å². The molecule has 0 aromatic rings. The van der Waals surface area contributed by atoms with Crippen LogP contribution in [0.15, 0.2) is 12.7 Å². The van der Waals surface area contributed by atoms with Crippen LogP contribution >= 0.6 is 0 Å². The SMILES string of the molecule is C=CCCCCCCCCC(=O)O[Si](C)(C)C. The predicted octanol–water partition coefficient (Wildman–Crippen LogP) is 4.67. The van der Waals surface area contributed by atoms with E-state index in [2.05, 4.69) is 6.58 Å². The van der Waals surface area contributed by atoms with Crippen LogP contribution < -0.4 is 0 Å². The van der Waals surface area contributed by atoms with E-state index in [-0.39, 0.29) is 5.97 Å². The lowest BCUT2D eigenvalue weighted by molar-refractivity contribution is -0.135. The molecule has 0 radical (unpaired) electrons. The molecule has 0 fully saturated rings. The first-order valence-corrected chi connectivity index (χ1v) is 10.2. The molecule has 0 amide bonds. The van der Waals surface area contributed by atoms with Crippen molar-refractivity contribution in [3.05, 3.63) is 12.7 Å². The maximum absolute atomic E-state index is 11.4. The van der Waals surface area contributed by atoms with E-state index in [0.717, 1.165) is 19.3 Å². The lowest BCUT2D eigenvalue weighted by Gasteiger charge is -2.17. The van der Waals surface area contributed by atoms with Gasteiger partial charge in [0.05, 0.1) is 0 Å². The second kappa shape index (κ2) is 9.46. The molecule has 100 valence electrons. The lowest BCUT2D eigenvalue weighted by atomic mass is 10.1. The van der Waals surface area contributed by atoms with Crippen molar-refractivity contribution in [2.75, 3.05) is 0 Å². The summed E-state index contributed by atoms with van der Waals surface area (Å²) in [5.74, 6) is -0.00387. The molecule has 0 aliphatic heterocycles. The van der Waals surface area contributed by atoms with Crippen LogP contribution in [0.5, 0.6) is 0 Å². The zero-order valence-electron chi connectivity index (χ0n) is 11.8. The monoisotopic (exact) mass is 256 g/mol. The second-order valence-corrected chi connectivity index (χ2v) is 9.96. The third-order valence-electron chi connectivity index (χ3n) is 2.46. The molecule has 3 heteroatoms. The topological polar surface area (TPSA) is 26.3 Å². The number of carbonyl (C=O) groups excluding carboxylic acids is 1. The average Bonchev–Trinajstić information content (AvgIpc) is 2.19. The summed E-state index contributed by atoms with van der Waals surface area (Å²) in [5, 5.41) is 0.